The minimum absolute atomic E-state index is 0.429. The molecule has 0 bridgehead atoms. The van der Waals surface area contributed by atoms with Gasteiger partial charge in [-0.1, -0.05) is 33.6 Å². The van der Waals surface area contributed by atoms with E-state index in [-0.39, 0.29) is 0 Å². The first kappa shape index (κ1) is 12.7. The van der Waals surface area contributed by atoms with E-state index >= 15 is 0 Å². The number of benzene rings is 1. The minimum Gasteiger partial charge on any atom is -0.389 e. The van der Waals surface area contributed by atoms with Gasteiger partial charge in [0.2, 0.25) is 0 Å². The van der Waals surface area contributed by atoms with E-state index in [4.69, 9.17) is 0 Å². The van der Waals surface area contributed by atoms with E-state index in [1.807, 2.05) is 6.07 Å². The number of anilines is 1. The van der Waals surface area contributed by atoms with E-state index in [2.05, 4.69) is 46.0 Å². The summed E-state index contributed by atoms with van der Waals surface area (Å²) in [5.41, 5.74) is 3.58. The van der Waals surface area contributed by atoms with Crippen molar-refractivity contribution in [2.24, 2.45) is 0 Å². The minimum atomic E-state index is -0.429. The summed E-state index contributed by atoms with van der Waals surface area (Å²) in [5.74, 6) is 0. The van der Waals surface area contributed by atoms with Gasteiger partial charge in [0, 0.05) is 23.2 Å². The maximum absolute atomic E-state index is 9.60. The van der Waals surface area contributed by atoms with Crippen LogP contribution >= 0.6 is 15.9 Å². The summed E-state index contributed by atoms with van der Waals surface area (Å²) in [4.78, 5) is 2.37. The maximum Gasteiger partial charge on any atom is 0.0772 e. The molecule has 2 rings (SSSR count). The van der Waals surface area contributed by atoms with E-state index in [9.17, 15) is 5.11 Å². The Kier molecular flexibility index (Phi) is 3.89. The highest BCUT2D eigenvalue weighted by Gasteiger charge is 2.13. The second kappa shape index (κ2) is 5.23. The van der Waals surface area contributed by atoms with Gasteiger partial charge in [0.1, 0.15) is 0 Å². The molecule has 1 aliphatic rings. The van der Waals surface area contributed by atoms with E-state index in [0.717, 1.165) is 29.5 Å². The van der Waals surface area contributed by atoms with Crippen LogP contribution < -0.4 is 4.90 Å². The topological polar surface area (TPSA) is 23.5 Å². The lowest BCUT2D eigenvalue weighted by Crippen LogP contribution is -2.29. The molecule has 0 aromatic heterocycles. The van der Waals surface area contributed by atoms with E-state index in [1.54, 1.807) is 6.92 Å². The molecule has 0 aliphatic carbocycles. The molecule has 1 aliphatic heterocycles. The van der Waals surface area contributed by atoms with Crippen LogP contribution in [-0.4, -0.2) is 18.2 Å². The van der Waals surface area contributed by atoms with Crippen LogP contribution in [0.4, 0.5) is 5.69 Å². The van der Waals surface area contributed by atoms with Crippen LogP contribution in [0.25, 0.3) is 0 Å². The molecular formula is C14H18BrNO. The van der Waals surface area contributed by atoms with Crippen LogP contribution in [0.5, 0.6) is 0 Å². The molecule has 0 amide bonds. The second-order valence-corrected chi connectivity index (χ2v) is 5.50. The summed E-state index contributed by atoms with van der Waals surface area (Å²) in [5, 5.41) is 9.60. The maximum atomic E-state index is 9.60. The fourth-order valence-electron chi connectivity index (χ4n) is 2.18. The average Bonchev–Trinajstić information content (AvgIpc) is 2.28. The largest absolute Gasteiger partial charge is 0.389 e. The summed E-state index contributed by atoms with van der Waals surface area (Å²) in [6.45, 7) is 6.02. The van der Waals surface area contributed by atoms with Gasteiger partial charge in [0.25, 0.3) is 0 Å². The molecule has 0 spiro atoms. The Morgan fingerprint density at radius 3 is 2.76 bits per heavy atom. The molecule has 1 N–H and O–H groups in total. The molecule has 1 aromatic carbocycles. The lowest BCUT2D eigenvalue weighted by molar-refractivity contribution is 0.198. The van der Waals surface area contributed by atoms with Crippen LogP contribution in [0.2, 0.25) is 0 Å². The van der Waals surface area contributed by atoms with Gasteiger partial charge in [-0.15, -0.1) is 0 Å². The molecule has 17 heavy (non-hydrogen) atoms. The van der Waals surface area contributed by atoms with Crippen LogP contribution in [0.15, 0.2) is 34.3 Å². The number of halogens is 1. The summed E-state index contributed by atoms with van der Waals surface area (Å²) in [7, 11) is 0. The normalized spacial score (nSPS) is 17.9. The van der Waals surface area contributed by atoms with Gasteiger partial charge in [-0.05, 0) is 38.0 Å². The predicted octanol–water partition coefficient (Wildman–Crippen LogP) is 3.66. The van der Waals surface area contributed by atoms with Crippen molar-refractivity contribution >= 4 is 21.6 Å². The summed E-state index contributed by atoms with van der Waals surface area (Å²) < 4.78 is 0.984. The van der Waals surface area contributed by atoms with Crippen molar-refractivity contribution in [3.8, 4) is 0 Å². The summed E-state index contributed by atoms with van der Waals surface area (Å²) in [6, 6.07) is 6.18. The SMILES string of the molecule is CC1=CCCN(c2ccc([C@@H](C)O)c(Br)c2)C1. The van der Waals surface area contributed by atoms with E-state index in [0.29, 0.717) is 0 Å². The first-order valence-electron chi connectivity index (χ1n) is 5.96. The van der Waals surface area contributed by atoms with E-state index in [1.165, 1.54) is 11.3 Å². The molecular weight excluding hydrogens is 278 g/mol. The zero-order valence-corrected chi connectivity index (χ0v) is 11.9. The molecule has 2 nitrogen and oxygen atoms in total. The molecule has 0 unspecified atom stereocenters. The van der Waals surface area contributed by atoms with Gasteiger partial charge in [0.05, 0.1) is 6.10 Å². The molecule has 92 valence electrons. The Balaban J connectivity index is 2.23. The van der Waals surface area contributed by atoms with Crippen molar-refractivity contribution in [2.45, 2.75) is 26.4 Å². The Bertz CT molecular complexity index is 440. The lowest BCUT2D eigenvalue weighted by Gasteiger charge is -2.28. The Labute approximate surface area is 111 Å². The number of hydrogen-bond acceptors (Lipinski definition) is 2. The number of rotatable bonds is 2. The number of aliphatic hydroxyl groups excluding tert-OH is 1. The first-order chi connectivity index (χ1) is 8.08. The highest BCUT2D eigenvalue weighted by atomic mass is 79.9. The molecule has 1 aromatic rings. The lowest BCUT2D eigenvalue weighted by atomic mass is 10.1. The Hall–Kier alpha value is -0.800. The molecule has 0 saturated carbocycles. The zero-order chi connectivity index (χ0) is 12.4. The van der Waals surface area contributed by atoms with Crippen LogP contribution in [-0.2, 0) is 0 Å². The Morgan fingerprint density at radius 2 is 2.18 bits per heavy atom. The summed E-state index contributed by atoms with van der Waals surface area (Å²) >= 11 is 3.53. The zero-order valence-electron chi connectivity index (χ0n) is 10.3. The summed E-state index contributed by atoms with van der Waals surface area (Å²) in [6.07, 6.45) is 2.98. The highest BCUT2D eigenvalue weighted by molar-refractivity contribution is 9.10. The van der Waals surface area contributed by atoms with Gasteiger partial charge in [0.15, 0.2) is 0 Å². The van der Waals surface area contributed by atoms with Crippen molar-refractivity contribution < 1.29 is 5.11 Å². The van der Waals surface area contributed by atoms with Gasteiger partial charge < -0.3 is 10.0 Å². The standard InChI is InChI=1S/C14H18BrNO/c1-10-4-3-7-16(9-10)12-5-6-13(11(2)17)14(15)8-12/h4-6,8,11,17H,3,7,9H2,1-2H3/t11-/m1/s1. The van der Waals surface area contributed by atoms with Crippen molar-refractivity contribution in [2.75, 3.05) is 18.0 Å². The number of aliphatic hydroxyl groups is 1. The first-order valence-corrected chi connectivity index (χ1v) is 6.75. The van der Waals surface area contributed by atoms with Gasteiger partial charge in [-0.2, -0.15) is 0 Å². The van der Waals surface area contributed by atoms with Crippen LogP contribution in [0.3, 0.4) is 0 Å². The quantitative estimate of drug-likeness (QED) is 0.842. The Morgan fingerprint density at radius 1 is 1.41 bits per heavy atom. The molecule has 3 heteroatoms. The molecule has 0 radical (unpaired) electrons. The fraction of sp³-hybridized carbons (Fsp3) is 0.429. The smallest absolute Gasteiger partial charge is 0.0772 e. The van der Waals surface area contributed by atoms with Crippen LogP contribution in [0.1, 0.15) is 31.9 Å². The van der Waals surface area contributed by atoms with Crippen molar-refractivity contribution in [1.82, 2.24) is 0 Å². The van der Waals surface area contributed by atoms with Gasteiger partial charge >= 0.3 is 0 Å². The monoisotopic (exact) mass is 295 g/mol. The predicted molar refractivity (Wildman–Crippen MR) is 75.4 cm³/mol. The van der Waals surface area contributed by atoms with Gasteiger partial charge in [-0.3, -0.25) is 0 Å². The third kappa shape index (κ3) is 2.90. The molecule has 0 saturated heterocycles. The van der Waals surface area contributed by atoms with Gasteiger partial charge in [-0.25, -0.2) is 0 Å². The third-order valence-electron chi connectivity index (χ3n) is 3.13. The fourth-order valence-corrected chi connectivity index (χ4v) is 2.88. The van der Waals surface area contributed by atoms with Crippen molar-refractivity contribution in [3.05, 3.63) is 39.9 Å². The molecule has 0 fully saturated rings. The van der Waals surface area contributed by atoms with Crippen LogP contribution in [0, 0.1) is 0 Å². The number of hydrogen-bond donors (Lipinski definition) is 1. The average molecular weight is 296 g/mol. The second-order valence-electron chi connectivity index (χ2n) is 4.64. The molecule has 1 heterocycles. The molecule has 1 atom stereocenters. The van der Waals surface area contributed by atoms with E-state index < -0.39 is 6.10 Å². The highest BCUT2D eigenvalue weighted by Crippen LogP contribution is 2.29. The number of nitrogens with zero attached hydrogens (tertiary/aromatic N) is 1. The van der Waals surface area contributed by atoms with Crippen molar-refractivity contribution in [3.63, 3.8) is 0 Å². The third-order valence-corrected chi connectivity index (χ3v) is 3.82. The van der Waals surface area contributed by atoms with Crippen molar-refractivity contribution in [1.29, 1.82) is 0 Å².